The van der Waals surface area contributed by atoms with Crippen LogP contribution < -0.4 is 0 Å². The highest BCUT2D eigenvalue weighted by Crippen LogP contribution is 2.32. The first-order valence-corrected chi connectivity index (χ1v) is 5.06. The molecular formula is C6H2BrClF2IN. The summed E-state index contributed by atoms with van der Waals surface area (Å²) in [5, 5.41) is 0.0625. The zero-order valence-electron chi connectivity index (χ0n) is 5.49. The molecule has 6 heteroatoms. The second-order valence-corrected chi connectivity index (χ2v) is 4.14. The molecule has 1 heterocycles. The van der Waals surface area contributed by atoms with Gasteiger partial charge in [0.15, 0.2) is 0 Å². The molecule has 1 aromatic heterocycles. The maximum Gasteiger partial charge on any atom is 0.266 e. The molecule has 0 unspecified atom stereocenters. The SMILES string of the molecule is FC(F)c1cnc(Br)c(I)c1Cl. The first-order valence-electron chi connectivity index (χ1n) is 2.81. The van der Waals surface area contributed by atoms with E-state index < -0.39 is 6.43 Å². The summed E-state index contributed by atoms with van der Waals surface area (Å²) in [5.74, 6) is 0. The van der Waals surface area contributed by atoms with Crippen molar-refractivity contribution >= 4 is 50.1 Å². The Morgan fingerprint density at radius 1 is 1.58 bits per heavy atom. The van der Waals surface area contributed by atoms with Crippen molar-refractivity contribution in [3.8, 4) is 0 Å². The van der Waals surface area contributed by atoms with E-state index >= 15 is 0 Å². The van der Waals surface area contributed by atoms with Gasteiger partial charge in [0.05, 0.1) is 14.2 Å². The molecule has 0 saturated carbocycles. The minimum Gasteiger partial charge on any atom is -0.248 e. The van der Waals surface area contributed by atoms with Gasteiger partial charge in [-0.05, 0) is 38.5 Å². The third-order valence-corrected chi connectivity index (χ3v) is 4.30. The van der Waals surface area contributed by atoms with Crippen LogP contribution >= 0.6 is 50.1 Å². The summed E-state index contributed by atoms with van der Waals surface area (Å²) >= 11 is 10.6. The molecule has 0 radical (unpaired) electrons. The number of pyridine rings is 1. The van der Waals surface area contributed by atoms with Gasteiger partial charge in [0.25, 0.3) is 6.43 Å². The Kier molecular flexibility index (Phi) is 3.66. The fourth-order valence-electron chi connectivity index (χ4n) is 0.609. The monoisotopic (exact) mass is 367 g/mol. The standard InChI is InChI=1S/C6H2BrClF2IN/c7-5-4(11)3(8)2(1-12-5)6(9)10/h1,6H. The van der Waals surface area contributed by atoms with Crippen LogP contribution in [0.25, 0.3) is 0 Å². The van der Waals surface area contributed by atoms with Gasteiger partial charge >= 0.3 is 0 Å². The van der Waals surface area contributed by atoms with Gasteiger partial charge in [0.2, 0.25) is 0 Å². The summed E-state index contributed by atoms with van der Waals surface area (Å²) in [4.78, 5) is 3.71. The number of hydrogen-bond donors (Lipinski definition) is 0. The van der Waals surface area contributed by atoms with Gasteiger partial charge in [-0.25, -0.2) is 13.8 Å². The molecule has 0 atom stereocenters. The molecule has 0 saturated heterocycles. The Bertz CT molecular complexity index is 308. The molecule has 12 heavy (non-hydrogen) atoms. The molecule has 0 spiro atoms. The molecule has 0 amide bonds. The zero-order valence-corrected chi connectivity index (χ0v) is 9.99. The van der Waals surface area contributed by atoms with Gasteiger partial charge in [0.1, 0.15) is 4.60 Å². The van der Waals surface area contributed by atoms with Crippen molar-refractivity contribution in [2.24, 2.45) is 0 Å². The van der Waals surface area contributed by atoms with Crippen LogP contribution in [0.1, 0.15) is 12.0 Å². The van der Waals surface area contributed by atoms with Gasteiger partial charge in [-0.2, -0.15) is 0 Å². The number of hydrogen-bond acceptors (Lipinski definition) is 1. The van der Waals surface area contributed by atoms with Crippen molar-refractivity contribution in [1.82, 2.24) is 4.98 Å². The lowest BCUT2D eigenvalue weighted by molar-refractivity contribution is 0.151. The molecule has 0 bridgehead atoms. The molecule has 0 fully saturated rings. The largest absolute Gasteiger partial charge is 0.266 e. The molecule has 0 aliphatic carbocycles. The minimum atomic E-state index is -2.58. The normalized spacial score (nSPS) is 10.8. The predicted molar refractivity (Wildman–Crippen MR) is 54.6 cm³/mol. The molecule has 0 aliphatic heterocycles. The van der Waals surface area contributed by atoms with Crippen molar-refractivity contribution in [3.63, 3.8) is 0 Å². The van der Waals surface area contributed by atoms with Crippen molar-refractivity contribution in [1.29, 1.82) is 0 Å². The number of halogens is 5. The molecule has 1 nitrogen and oxygen atoms in total. The fraction of sp³-hybridized carbons (Fsp3) is 0.167. The van der Waals surface area contributed by atoms with Crippen LogP contribution in [-0.4, -0.2) is 4.98 Å². The van der Waals surface area contributed by atoms with E-state index in [9.17, 15) is 8.78 Å². The minimum absolute atomic E-state index is 0.0625. The van der Waals surface area contributed by atoms with E-state index in [0.29, 0.717) is 8.17 Å². The third kappa shape index (κ3) is 2.05. The van der Waals surface area contributed by atoms with Crippen LogP contribution in [0, 0.1) is 3.57 Å². The van der Waals surface area contributed by atoms with Crippen LogP contribution in [0.5, 0.6) is 0 Å². The molecule has 1 rings (SSSR count). The summed E-state index contributed by atoms with van der Waals surface area (Å²) in [6.07, 6.45) is -1.51. The van der Waals surface area contributed by atoms with E-state index in [2.05, 4.69) is 20.9 Å². The summed E-state index contributed by atoms with van der Waals surface area (Å²) in [7, 11) is 0. The van der Waals surface area contributed by atoms with E-state index in [0.717, 1.165) is 6.20 Å². The molecule has 0 aromatic carbocycles. The second-order valence-electron chi connectivity index (χ2n) is 1.93. The van der Waals surface area contributed by atoms with Gasteiger partial charge in [-0.15, -0.1) is 0 Å². The Hall–Kier alpha value is 0.510. The van der Waals surface area contributed by atoms with Crippen LogP contribution in [-0.2, 0) is 0 Å². The Morgan fingerprint density at radius 2 is 2.17 bits per heavy atom. The van der Waals surface area contributed by atoms with E-state index in [-0.39, 0.29) is 10.6 Å². The lowest BCUT2D eigenvalue weighted by atomic mass is 10.3. The Morgan fingerprint density at radius 3 is 2.67 bits per heavy atom. The number of rotatable bonds is 1. The van der Waals surface area contributed by atoms with Crippen molar-refractivity contribution in [2.75, 3.05) is 0 Å². The lowest BCUT2D eigenvalue weighted by Crippen LogP contribution is -1.92. The first kappa shape index (κ1) is 10.6. The van der Waals surface area contributed by atoms with E-state index in [1.165, 1.54) is 0 Å². The average molecular weight is 368 g/mol. The first-order chi connectivity index (χ1) is 5.54. The smallest absolute Gasteiger partial charge is 0.248 e. The number of aromatic nitrogens is 1. The predicted octanol–water partition coefficient (Wildman–Crippen LogP) is 4.04. The van der Waals surface area contributed by atoms with Gasteiger partial charge < -0.3 is 0 Å². The Labute approximate surface area is 94.8 Å². The average Bonchev–Trinajstić information content (AvgIpc) is 2.00. The van der Waals surface area contributed by atoms with Gasteiger partial charge in [-0.1, -0.05) is 11.6 Å². The van der Waals surface area contributed by atoms with Crippen molar-refractivity contribution in [2.45, 2.75) is 6.43 Å². The van der Waals surface area contributed by atoms with E-state index in [1.807, 2.05) is 22.6 Å². The van der Waals surface area contributed by atoms with Crippen LogP contribution in [0.2, 0.25) is 5.02 Å². The second kappa shape index (κ2) is 4.15. The van der Waals surface area contributed by atoms with Gasteiger partial charge in [0, 0.05) is 6.20 Å². The summed E-state index contributed by atoms with van der Waals surface area (Å²) < 4.78 is 25.4. The van der Waals surface area contributed by atoms with Crippen LogP contribution in [0.15, 0.2) is 10.8 Å². The zero-order chi connectivity index (χ0) is 9.30. The summed E-state index contributed by atoms with van der Waals surface area (Å²) in [6, 6.07) is 0. The highest BCUT2D eigenvalue weighted by Gasteiger charge is 2.16. The molecule has 0 N–H and O–H groups in total. The summed E-state index contributed by atoms with van der Waals surface area (Å²) in [5.41, 5.74) is -0.232. The topological polar surface area (TPSA) is 12.9 Å². The van der Waals surface area contributed by atoms with E-state index in [1.54, 1.807) is 0 Å². The quantitative estimate of drug-likeness (QED) is 0.539. The van der Waals surface area contributed by atoms with E-state index in [4.69, 9.17) is 11.6 Å². The lowest BCUT2D eigenvalue weighted by Gasteiger charge is -2.04. The van der Waals surface area contributed by atoms with Crippen molar-refractivity contribution < 1.29 is 8.78 Å². The maximum atomic E-state index is 12.2. The van der Waals surface area contributed by atoms with Crippen molar-refractivity contribution in [3.05, 3.63) is 25.0 Å². The third-order valence-electron chi connectivity index (χ3n) is 1.18. The molecule has 0 aliphatic rings. The summed E-state index contributed by atoms with van der Waals surface area (Å²) in [6.45, 7) is 0. The maximum absolute atomic E-state index is 12.2. The van der Waals surface area contributed by atoms with Crippen LogP contribution in [0.3, 0.4) is 0 Å². The Balaban J connectivity index is 3.27. The molecule has 1 aromatic rings. The van der Waals surface area contributed by atoms with Crippen LogP contribution in [0.4, 0.5) is 8.78 Å². The highest BCUT2D eigenvalue weighted by atomic mass is 127. The molecule has 66 valence electrons. The van der Waals surface area contributed by atoms with Gasteiger partial charge in [-0.3, -0.25) is 0 Å². The fourth-order valence-corrected chi connectivity index (χ4v) is 1.70. The molecular weight excluding hydrogens is 366 g/mol. The highest BCUT2D eigenvalue weighted by molar-refractivity contribution is 14.1. The number of nitrogens with zero attached hydrogens (tertiary/aromatic N) is 1. The number of alkyl halides is 2.